The van der Waals surface area contributed by atoms with Gasteiger partial charge in [-0.15, -0.1) is 22.7 Å². The maximum absolute atomic E-state index is 3.77. The first-order valence-electron chi connectivity index (χ1n) is 7.06. The van der Waals surface area contributed by atoms with E-state index in [0.717, 1.165) is 6.42 Å². The molecule has 3 heteroatoms. The van der Waals surface area contributed by atoms with Crippen LogP contribution in [-0.2, 0) is 0 Å². The summed E-state index contributed by atoms with van der Waals surface area (Å²) in [6.45, 7) is 4.51. The highest BCUT2D eigenvalue weighted by atomic mass is 32.1. The Morgan fingerprint density at radius 2 is 1.95 bits per heavy atom. The summed E-state index contributed by atoms with van der Waals surface area (Å²) in [7, 11) is 0. The Bertz CT molecular complexity index is 636. The Labute approximate surface area is 128 Å². The molecule has 1 nitrogen and oxygen atoms in total. The highest BCUT2D eigenvalue weighted by molar-refractivity contribution is 7.19. The number of rotatable bonds is 5. The normalized spacial score (nSPS) is 14.5. The lowest BCUT2D eigenvalue weighted by Crippen LogP contribution is -2.22. The van der Waals surface area contributed by atoms with Crippen molar-refractivity contribution in [2.45, 2.75) is 32.4 Å². The standard InChI is InChI=1S/C17H19NS2/c1-3-14(16-9-6-10-19-16)18-12(2)17-11-13-7-4-5-8-15(13)20-17/h4-12,14,18H,3H2,1-2H3. The summed E-state index contributed by atoms with van der Waals surface area (Å²) in [6, 6.07) is 16.1. The summed E-state index contributed by atoms with van der Waals surface area (Å²) in [4.78, 5) is 2.85. The fraction of sp³-hybridized carbons (Fsp3) is 0.294. The zero-order valence-corrected chi connectivity index (χ0v) is 13.4. The van der Waals surface area contributed by atoms with Crippen molar-refractivity contribution < 1.29 is 0 Å². The maximum atomic E-state index is 3.77. The van der Waals surface area contributed by atoms with E-state index in [1.807, 2.05) is 22.7 Å². The first-order chi connectivity index (χ1) is 9.78. The van der Waals surface area contributed by atoms with Gasteiger partial charge in [0.1, 0.15) is 0 Å². The van der Waals surface area contributed by atoms with Crippen LogP contribution in [0.15, 0.2) is 47.8 Å². The van der Waals surface area contributed by atoms with E-state index in [4.69, 9.17) is 0 Å². The number of hydrogen-bond donors (Lipinski definition) is 1. The molecule has 1 N–H and O–H groups in total. The molecular formula is C17H19NS2. The van der Waals surface area contributed by atoms with Crippen LogP contribution in [0.5, 0.6) is 0 Å². The Morgan fingerprint density at radius 3 is 2.65 bits per heavy atom. The average Bonchev–Trinajstić information content (AvgIpc) is 3.13. The van der Waals surface area contributed by atoms with Crippen molar-refractivity contribution in [1.82, 2.24) is 5.32 Å². The second-order valence-electron chi connectivity index (χ2n) is 5.05. The zero-order chi connectivity index (χ0) is 13.9. The summed E-state index contributed by atoms with van der Waals surface area (Å²) in [5, 5.41) is 7.28. The van der Waals surface area contributed by atoms with Gasteiger partial charge in [0.05, 0.1) is 0 Å². The third-order valence-electron chi connectivity index (χ3n) is 3.62. The van der Waals surface area contributed by atoms with Gasteiger partial charge >= 0.3 is 0 Å². The summed E-state index contributed by atoms with van der Waals surface area (Å²) in [5.74, 6) is 0. The maximum Gasteiger partial charge on any atom is 0.0417 e. The molecule has 3 aromatic rings. The van der Waals surface area contributed by atoms with Crippen LogP contribution >= 0.6 is 22.7 Å². The number of fused-ring (bicyclic) bond motifs is 1. The predicted octanol–water partition coefficient (Wildman–Crippen LogP) is 5.76. The molecule has 2 heterocycles. The third kappa shape index (κ3) is 2.80. The largest absolute Gasteiger partial charge is 0.302 e. The number of hydrogen-bond acceptors (Lipinski definition) is 3. The van der Waals surface area contributed by atoms with Gasteiger partial charge in [-0.3, -0.25) is 0 Å². The summed E-state index contributed by atoms with van der Waals surface area (Å²) in [5.41, 5.74) is 0. The summed E-state index contributed by atoms with van der Waals surface area (Å²) in [6.07, 6.45) is 1.12. The lowest BCUT2D eigenvalue weighted by molar-refractivity contribution is 0.466. The molecule has 0 saturated carbocycles. The van der Waals surface area contributed by atoms with E-state index in [-0.39, 0.29) is 0 Å². The van der Waals surface area contributed by atoms with E-state index < -0.39 is 0 Å². The van der Waals surface area contributed by atoms with Crippen molar-refractivity contribution in [3.05, 3.63) is 57.6 Å². The van der Waals surface area contributed by atoms with Crippen LogP contribution in [0.2, 0.25) is 0 Å². The number of benzene rings is 1. The van der Waals surface area contributed by atoms with Crippen molar-refractivity contribution in [3.63, 3.8) is 0 Å². The van der Waals surface area contributed by atoms with E-state index in [0.29, 0.717) is 12.1 Å². The summed E-state index contributed by atoms with van der Waals surface area (Å²) >= 11 is 3.73. The molecule has 0 spiro atoms. The van der Waals surface area contributed by atoms with E-state index in [9.17, 15) is 0 Å². The molecule has 2 unspecified atom stereocenters. The predicted molar refractivity (Wildman–Crippen MR) is 90.7 cm³/mol. The monoisotopic (exact) mass is 301 g/mol. The Balaban J connectivity index is 1.79. The number of nitrogens with one attached hydrogen (secondary N) is 1. The van der Waals surface area contributed by atoms with Crippen LogP contribution < -0.4 is 5.32 Å². The fourth-order valence-corrected chi connectivity index (χ4v) is 4.44. The first kappa shape index (κ1) is 13.8. The average molecular weight is 301 g/mol. The molecule has 0 aliphatic heterocycles. The molecule has 0 aliphatic rings. The van der Waals surface area contributed by atoms with Gasteiger partial charge in [0.2, 0.25) is 0 Å². The van der Waals surface area contributed by atoms with Crippen LogP contribution in [0.25, 0.3) is 10.1 Å². The molecule has 0 fully saturated rings. The lowest BCUT2D eigenvalue weighted by atomic mass is 10.1. The van der Waals surface area contributed by atoms with Crippen LogP contribution in [0.3, 0.4) is 0 Å². The SMILES string of the molecule is CCC(NC(C)c1cc2ccccc2s1)c1cccs1. The topological polar surface area (TPSA) is 12.0 Å². The molecule has 104 valence electrons. The van der Waals surface area contributed by atoms with E-state index in [1.165, 1.54) is 19.8 Å². The van der Waals surface area contributed by atoms with Gasteiger partial charge in [0.15, 0.2) is 0 Å². The van der Waals surface area contributed by atoms with Gasteiger partial charge in [-0.1, -0.05) is 31.2 Å². The van der Waals surface area contributed by atoms with Gasteiger partial charge in [-0.25, -0.2) is 0 Å². The fourth-order valence-electron chi connectivity index (χ4n) is 2.49. The Hall–Kier alpha value is -1.16. The van der Waals surface area contributed by atoms with Crippen LogP contribution in [0, 0.1) is 0 Å². The minimum absolute atomic E-state index is 0.388. The van der Waals surface area contributed by atoms with Gasteiger partial charge < -0.3 is 5.32 Å². The lowest BCUT2D eigenvalue weighted by Gasteiger charge is -2.20. The molecule has 1 aromatic carbocycles. The number of thiophene rings is 2. The van der Waals surface area contributed by atoms with E-state index in [1.54, 1.807) is 0 Å². The highest BCUT2D eigenvalue weighted by Gasteiger charge is 2.16. The minimum Gasteiger partial charge on any atom is -0.302 e. The molecule has 0 saturated heterocycles. The van der Waals surface area contributed by atoms with Gasteiger partial charge in [-0.2, -0.15) is 0 Å². The second-order valence-corrected chi connectivity index (χ2v) is 7.15. The second kappa shape index (κ2) is 6.08. The van der Waals surface area contributed by atoms with Crippen LogP contribution in [-0.4, -0.2) is 0 Å². The Morgan fingerprint density at radius 1 is 1.10 bits per heavy atom. The molecule has 3 rings (SSSR count). The third-order valence-corrected chi connectivity index (χ3v) is 5.90. The van der Waals surface area contributed by atoms with Crippen molar-refractivity contribution in [1.29, 1.82) is 0 Å². The van der Waals surface area contributed by atoms with Gasteiger partial charge in [0, 0.05) is 26.5 Å². The van der Waals surface area contributed by atoms with Crippen LogP contribution in [0.4, 0.5) is 0 Å². The first-order valence-corrected chi connectivity index (χ1v) is 8.75. The molecule has 2 aromatic heterocycles. The highest BCUT2D eigenvalue weighted by Crippen LogP contribution is 2.32. The smallest absolute Gasteiger partial charge is 0.0417 e. The van der Waals surface area contributed by atoms with Crippen molar-refractivity contribution in [3.8, 4) is 0 Å². The molecule has 2 atom stereocenters. The minimum atomic E-state index is 0.388. The zero-order valence-electron chi connectivity index (χ0n) is 11.8. The van der Waals surface area contributed by atoms with Crippen molar-refractivity contribution in [2.75, 3.05) is 0 Å². The van der Waals surface area contributed by atoms with Crippen molar-refractivity contribution >= 4 is 32.8 Å². The molecule has 0 radical (unpaired) electrons. The van der Waals surface area contributed by atoms with E-state index >= 15 is 0 Å². The molecule has 0 bridgehead atoms. The molecular weight excluding hydrogens is 282 g/mol. The quantitative estimate of drug-likeness (QED) is 0.631. The van der Waals surface area contributed by atoms with E-state index in [2.05, 4.69) is 67.0 Å². The van der Waals surface area contributed by atoms with Crippen LogP contribution in [0.1, 0.15) is 42.1 Å². The Kier molecular flexibility index (Phi) is 4.20. The van der Waals surface area contributed by atoms with Crippen molar-refractivity contribution in [2.24, 2.45) is 0 Å². The summed E-state index contributed by atoms with van der Waals surface area (Å²) < 4.78 is 1.38. The molecule has 0 aliphatic carbocycles. The molecule has 0 amide bonds. The molecule has 20 heavy (non-hydrogen) atoms. The van der Waals surface area contributed by atoms with Gasteiger partial charge in [0.25, 0.3) is 0 Å². The van der Waals surface area contributed by atoms with Gasteiger partial charge in [-0.05, 0) is 42.3 Å².